The van der Waals surface area contributed by atoms with Crippen LogP contribution in [-0.2, 0) is 0 Å². The first kappa shape index (κ1) is 21.7. The molecule has 0 atom stereocenters. The first-order valence-corrected chi connectivity index (χ1v) is 10.00. The van der Waals surface area contributed by atoms with Gasteiger partial charge in [0.1, 0.15) is 17.4 Å². The van der Waals surface area contributed by atoms with Crippen LogP contribution in [0.2, 0.25) is 10.0 Å². The van der Waals surface area contributed by atoms with Gasteiger partial charge in [-0.15, -0.1) is 0 Å². The number of nitrogens with zero attached hydrogens (tertiary/aromatic N) is 1. The number of phenols is 1. The Morgan fingerprint density at radius 2 is 1.77 bits per heavy atom. The minimum atomic E-state index is -0.573. The number of allylic oxidation sites excluding steroid dienone is 1. The molecule has 0 radical (unpaired) electrons. The first-order chi connectivity index (χ1) is 14.1. The van der Waals surface area contributed by atoms with Crippen molar-refractivity contribution in [1.82, 2.24) is 4.98 Å². The number of nitriles is 1. The van der Waals surface area contributed by atoms with Crippen molar-refractivity contribution in [2.24, 2.45) is 5.41 Å². The average Bonchev–Trinajstić information content (AvgIpc) is 2.68. The number of hydrogen-bond donors (Lipinski definition) is 2. The zero-order chi connectivity index (χ0) is 22.1. The van der Waals surface area contributed by atoms with E-state index in [4.69, 9.17) is 23.2 Å². The van der Waals surface area contributed by atoms with Gasteiger partial charge < -0.3 is 10.1 Å². The van der Waals surface area contributed by atoms with Gasteiger partial charge in [0.25, 0.3) is 5.56 Å². The molecule has 0 aliphatic carbocycles. The first-order valence-electron chi connectivity index (χ1n) is 9.24. The van der Waals surface area contributed by atoms with Gasteiger partial charge in [-0.2, -0.15) is 5.26 Å². The summed E-state index contributed by atoms with van der Waals surface area (Å²) in [6, 6.07) is 13.5. The van der Waals surface area contributed by atoms with E-state index < -0.39 is 5.56 Å². The predicted molar refractivity (Wildman–Crippen MR) is 123 cm³/mol. The highest BCUT2D eigenvalue weighted by molar-refractivity contribution is 6.35. The Kier molecular flexibility index (Phi) is 6.07. The third kappa shape index (κ3) is 4.76. The average molecular weight is 439 g/mol. The summed E-state index contributed by atoms with van der Waals surface area (Å²) in [6.07, 6.45) is 4.02. The van der Waals surface area contributed by atoms with Gasteiger partial charge in [-0.1, -0.05) is 62.2 Å². The maximum absolute atomic E-state index is 12.6. The third-order valence-electron chi connectivity index (χ3n) is 4.45. The Morgan fingerprint density at radius 3 is 2.43 bits per heavy atom. The minimum Gasteiger partial charge on any atom is -0.507 e. The fourth-order valence-corrected chi connectivity index (χ4v) is 3.34. The molecule has 152 valence electrons. The molecule has 0 aliphatic rings. The molecule has 1 aromatic heterocycles. The third-order valence-corrected chi connectivity index (χ3v) is 5.01. The Labute approximate surface area is 185 Å². The summed E-state index contributed by atoms with van der Waals surface area (Å²) in [5.41, 5.74) is 1.83. The summed E-state index contributed by atoms with van der Waals surface area (Å²) in [5.74, 6) is 0.00593. The van der Waals surface area contributed by atoms with Gasteiger partial charge in [0.15, 0.2) is 0 Å². The van der Waals surface area contributed by atoms with Gasteiger partial charge in [0, 0.05) is 26.7 Å². The molecule has 30 heavy (non-hydrogen) atoms. The van der Waals surface area contributed by atoms with Crippen LogP contribution >= 0.6 is 23.2 Å². The summed E-state index contributed by atoms with van der Waals surface area (Å²) in [6.45, 7) is 6.26. The van der Waals surface area contributed by atoms with Crippen molar-refractivity contribution in [2.45, 2.75) is 20.8 Å². The fraction of sp³-hybridized carbons (Fsp3) is 0.167. The second kappa shape index (κ2) is 8.39. The second-order valence-electron chi connectivity index (χ2n) is 8.01. The lowest BCUT2D eigenvalue weighted by atomic mass is 9.94. The number of aromatic amines is 1. The van der Waals surface area contributed by atoms with E-state index in [0.29, 0.717) is 32.4 Å². The van der Waals surface area contributed by atoms with Crippen molar-refractivity contribution in [3.8, 4) is 34.2 Å². The van der Waals surface area contributed by atoms with Crippen molar-refractivity contribution in [1.29, 1.82) is 5.26 Å². The van der Waals surface area contributed by atoms with Crippen LogP contribution in [0.1, 0.15) is 31.9 Å². The quantitative estimate of drug-likeness (QED) is 0.480. The molecule has 3 aromatic rings. The number of rotatable bonds is 3. The van der Waals surface area contributed by atoms with E-state index in [1.54, 1.807) is 42.5 Å². The molecule has 0 spiro atoms. The summed E-state index contributed by atoms with van der Waals surface area (Å²) in [5, 5.41) is 20.7. The molecule has 4 nitrogen and oxygen atoms in total. The maximum atomic E-state index is 12.6. The topological polar surface area (TPSA) is 76.9 Å². The molecule has 0 unspecified atom stereocenters. The lowest BCUT2D eigenvalue weighted by Crippen LogP contribution is -2.13. The highest BCUT2D eigenvalue weighted by Gasteiger charge is 2.17. The van der Waals surface area contributed by atoms with Gasteiger partial charge in [-0.3, -0.25) is 4.79 Å². The van der Waals surface area contributed by atoms with E-state index in [2.05, 4.69) is 31.8 Å². The van der Waals surface area contributed by atoms with Gasteiger partial charge in [-0.05, 0) is 47.4 Å². The van der Waals surface area contributed by atoms with Crippen LogP contribution in [0.4, 0.5) is 0 Å². The zero-order valence-corrected chi connectivity index (χ0v) is 18.3. The highest BCUT2D eigenvalue weighted by atomic mass is 35.5. The van der Waals surface area contributed by atoms with E-state index in [1.165, 1.54) is 0 Å². The smallest absolute Gasteiger partial charge is 0.266 e. The van der Waals surface area contributed by atoms with Crippen molar-refractivity contribution >= 4 is 29.3 Å². The van der Waals surface area contributed by atoms with Crippen LogP contribution in [-0.4, -0.2) is 10.1 Å². The molecule has 2 N–H and O–H groups in total. The van der Waals surface area contributed by atoms with Gasteiger partial charge in [0.05, 0.1) is 5.69 Å². The number of nitrogens with one attached hydrogen (secondary N) is 1. The lowest BCUT2D eigenvalue weighted by Gasteiger charge is -2.13. The molecule has 3 rings (SSSR count). The second-order valence-corrected chi connectivity index (χ2v) is 8.86. The zero-order valence-electron chi connectivity index (χ0n) is 16.8. The number of halogens is 2. The Balaban J connectivity index is 2.23. The number of benzene rings is 2. The molecule has 6 heteroatoms. The molecular formula is C24H20Cl2N2O2. The van der Waals surface area contributed by atoms with E-state index in [0.717, 1.165) is 5.56 Å². The largest absolute Gasteiger partial charge is 0.507 e. The molecule has 0 amide bonds. The molecule has 0 fully saturated rings. The fourth-order valence-electron chi connectivity index (χ4n) is 2.95. The van der Waals surface area contributed by atoms with E-state index >= 15 is 0 Å². The van der Waals surface area contributed by atoms with E-state index in [-0.39, 0.29) is 16.7 Å². The van der Waals surface area contributed by atoms with Crippen LogP contribution in [0.3, 0.4) is 0 Å². The summed E-state index contributed by atoms with van der Waals surface area (Å²) in [7, 11) is 0. The Bertz CT molecular complexity index is 1250. The van der Waals surface area contributed by atoms with E-state index in [1.807, 2.05) is 12.1 Å². The predicted octanol–water partition coefficient (Wildman–Crippen LogP) is 6.65. The van der Waals surface area contributed by atoms with Crippen molar-refractivity contribution in [3.05, 3.63) is 80.1 Å². The molecular weight excluding hydrogens is 419 g/mol. The summed E-state index contributed by atoms with van der Waals surface area (Å²) < 4.78 is 0. The molecule has 0 saturated carbocycles. The summed E-state index contributed by atoms with van der Waals surface area (Å²) in [4.78, 5) is 15.3. The van der Waals surface area contributed by atoms with Crippen molar-refractivity contribution in [3.63, 3.8) is 0 Å². The number of aromatic nitrogens is 1. The van der Waals surface area contributed by atoms with Crippen LogP contribution in [0.15, 0.2) is 53.3 Å². The SMILES string of the molecule is CC(C)(C)C=Cc1ccc(O)c(-c2cc(-c3cc(Cl)ccc3Cl)c(C#N)c(=O)[nH]2)c1. The Morgan fingerprint density at radius 1 is 1.03 bits per heavy atom. The lowest BCUT2D eigenvalue weighted by molar-refractivity contribution is 0.477. The molecule has 0 aliphatic heterocycles. The van der Waals surface area contributed by atoms with Crippen molar-refractivity contribution < 1.29 is 5.11 Å². The number of phenolic OH excluding ortho intramolecular Hbond substituents is 1. The van der Waals surface area contributed by atoms with Crippen LogP contribution in [0, 0.1) is 16.7 Å². The molecule has 0 saturated heterocycles. The van der Waals surface area contributed by atoms with E-state index in [9.17, 15) is 15.2 Å². The Hall–Kier alpha value is -3.00. The standard InChI is InChI=1S/C24H20Cl2N2O2/c1-24(2,3)9-8-14-4-7-22(29)18(10-14)21-12-16(19(13-27)23(30)28-21)17-11-15(25)5-6-20(17)26/h4-12,29H,1-3H3,(H,28,30). The van der Waals surface area contributed by atoms with Crippen LogP contribution in [0.25, 0.3) is 28.5 Å². The molecule has 0 bridgehead atoms. The van der Waals surface area contributed by atoms with Gasteiger partial charge in [-0.25, -0.2) is 0 Å². The van der Waals surface area contributed by atoms with Gasteiger partial charge >= 0.3 is 0 Å². The van der Waals surface area contributed by atoms with Crippen LogP contribution in [0.5, 0.6) is 5.75 Å². The highest BCUT2D eigenvalue weighted by Crippen LogP contribution is 2.36. The van der Waals surface area contributed by atoms with Crippen LogP contribution < -0.4 is 5.56 Å². The molecule has 2 aromatic carbocycles. The number of H-pyrrole nitrogens is 1. The minimum absolute atomic E-state index is 0.00268. The van der Waals surface area contributed by atoms with Gasteiger partial charge in [0.2, 0.25) is 0 Å². The number of hydrogen-bond acceptors (Lipinski definition) is 3. The molecule has 1 heterocycles. The summed E-state index contributed by atoms with van der Waals surface area (Å²) >= 11 is 12.4. The van der Waals surface area contributed by atoms with Crippen molar-refractivity contribution in [2.75, 3.05) is 0 Å². The number of aromatic hydroxyl groups is 1. The number of pyridine rings is 1. The maximum Gasteiger partial charge on any atom is 0.266 e. The normalized spacial score (nSPS) is 11.6. The monoisotopic (exact) mass is 438 g/mol.